The van der Waals surface area contributed by atoms with Crippen molar-refractivity contribution in [2.75, 3.05) is 6.61 Å². The van der Waals surface area contributed by atoms with E-state index in [1.54, 1.807) is 12.1 Å². The van der Waals surface area contributed by atoms with E-state index in [0.717, 1.165) is 5.56 Å². The van der Waals surface area contributed by atoms with Crippen LogP contribution < -0.4 is 5.73 Å². The molecule has 3 nitrogen and oxygen atoms in total. The Hall–Kier alpha value is -1.13. The number of aromatic hydroxyl groups is 1. The smallest absolute Gasteiger partial charge is 0.176 e. The number of rotatable bonds is 4. The van der Waals surface area contributed by atoms with E-state index >= 15 is 0 Å². The van der Waals surface area contributed by atoms with Gasteiger partial charge in [0.15, 0.2) is 5.05 Å². The molecule has 0 bridgehead atoms. The normalized spacial score (nSPS) is 12.1. The van der Waals surface area contributed by atoms with Gasteiger partial charge in [-0.05, 0) is 43.3 Å². The highest BCUT2D eigenvalue weighted by molar-refractivity contribution is 7.80. The Morgan fingerprint density at radius 2 is 2.07 bits per heavy atom. The van der Waals surface area contributed by atoms with Gasteiger partial charge in [-0.15, -0.1) is 0 Å². The van der Waals surface area contributed by atoms with Gasteiger partial charge >= 0.3 is 0 Å². The molecule has 0 aliphatic carbocycles. The molecule has 0 aliphatic rings. The molecule has 0 saturated heterocycles. The van der Waals surface area contributed by atoms with E-state index in [2.05, 4.69) is 0 Å². The predicted octanol–water partition coefficient (Wildman–Crippen LogP) is 1.63. The van der Waals surface area contributed by atoms with Gasteiger partial charge in [0.25, 0.3) is 0 Å². The number of ether oxygens (including phenoxy) is 1. The van der Waals surface area contributed by atoms with Crippen LogP contribution in [0, 0.1) is 0 Å². The fourth-order valence-corrected chi connectivity index (χ4v) is 1.42. The van der Waals surface area contributed by atoms with Gasteiger partial charge in [0.05, 0.1) is 12.6 Å². The molecule has 82 valence electrons. The molecule has 0 aliphatic heterocycles. The Bertz CT molecular complexity index is 324. The van der Waals surface area contributed by atoms with Crippen LogP contribution in [0.2, 0.25) is 0 Å². The van der Waals surface area contributed by atoms with Crippen LogP contribution in [0.3, 0.4) is 0 Å². The molecule has 1 rings (SSSR count). The summed E-state index contributed by atoms with van der Waals surface area (Å²) in [7, 11) is 0. The summed E-state index contributed by atoms with van der Waals surface area (Å²) in [6.45, 7) is 2.42. The minimum atomic E-state index is -0.274. The number of nitrogens with two attached hydrogens (primary N) is 1. The van der Waals surface area contributed by atoms with Crippen LogP contribution in [0.4, 0.5) is 0 Å². The summed E-state index contributed by atoms with van der Waals surface area (Å²) in [4.78, 5) is 0. The average Bonchev–Trinajstić information content (AvgIpc) is 2.22. The maximum atomic E-state index is 9.10. The van der Waals surface area contributed by atoms with Gasteiger partial charge in [-0.1, -0.05) is 12.1 Å². The molecular weight excluding hydrogens is 210 g/mol. The van der Waals surface area contributed by atoms with E-state index in [1.165, 1.54) is 0 Å². The SMILES string of the molecule is CCOC(=S)[C@@H](N)Cc1ccc(O)cc1. The van der Waals surface area contributed by atoms with Crippen molar-refractivity contribution in [2.45, 2.75) is 19.4 Å². The van der Waals surface area contributed by atoms with E-state index in [4.69, 9.17) is 27.8 Å². The summed E-state index contributed by atoms with van der Waals surface area (Å²) in [5, 5.41) is 9.54. The van der Waals surface area contributed by atoms with Crippen molar-refractivity contribution < 1.29 is 9.84 Å². The number of thiocarbonyl (C=S) groups is 1. The van der Waals surface area contributed by atoms with Gasteiger partial charge in [-0.25, -0.2) is 0 Å². The van der Waals surface area contributed by atoms with Gasteiger partial charge in [0.2, 0.25) is 0 Å². The van der Waals surface area contributed by atoms with Crippen LogP contribution in [-0.4, -0.2) is 22.8 Å². The van der Waals surface area contributed by atoms with Gasteiger partial charge in [0.1, 0.15) is 5.75 Å². The van der Waals surface area contributed by atoms with E-state index in [9.17, 15) is 0 Å². The second kappa shape index (κ2) is 5.68. The first-order valence-corrected chi connectivity index (χ1v) is 5.24. The molecule has 0 fully saturated rings. The summed E-state index contributed by atoms with van der Waals surface area (Å²) >= 11 is 5.00. The first-order chi connectivity index (χ1) is 7.13. The summed E-state index contributed by atoms with van der Waals surface area (Å²) in [6, 6.07) is 6.63. The molecule has 0 aromatic heterocycles. The zero-order chi connectivity index (χ0) is 11.3. The number of benzene rings is 1. The van der Waals surface area contributed by atoms with Crippen LogP contribution >= 0.6 is 12.2 Å². The minimum Gasteiger partial charge on any atom is -0.508 e. The molecule has 1 atom stereocenters. The molecule has 4 heteroatoms. The molecule has 0 saturated carbocycles. The summed E-state index contributed by atoms with van der Waals surface area (Å²) in [5.41, 5.74) is 6.87. The molecule has 0 heterocycles. The van der Waals surface area contributed by atoms with Gasteiger partial charge < -0.3 is 15.6 Å². The first kappa shape index (κ1) is 11.9. The Labute approximate surface area is 94.9 Å². The lowest BCUT2D eigenvalue weighted by Crippen LogP contribution is -2.33. The topological polar surface area (TPSA) is 55.5 Å². The third-order valence-corrected chi connectivity index (χ3v) is 2.40. The maximum absolute atomic E-state index is 9.10. The quantitative estimate of drug-likeness (QED) is 0.765. The minimum absolute atomic E-state index is 0.250. The van der Waals surface area contributed by atoms with Crippen LogP contribution in [0.5, 0.6) is 5.75 Å². The van der Waals surface area contributed by atoms with Crippen molar-refractivity contribution in [3.8, 4) is 5.75 Å². The zero-order valence-electron chi connectivity index (χ0n) is 8.64. The predicted molar refractivity (Wildman–Crippen MR) is 64.0 cm³/mol. The Kier molecular flexibility index (Phi) is 4.52. The molecule has 3 N–H and O–H groups in total. The lowest BCUT2D eigenvalue weighted by atomic mass is 10.1. The first-order valence-electron chi connectivity index (χ1n) is 4.83. The Balaban J connectivity index is 2.54. The molecule has 0 spiro atoms. The van der Waals surface area contributed by atoms with Crippen molar-refractivity contribution in [1.82, 2.24) is 0 Å². The third-order valence-electron chi connectivity index (χ3n) is 1.98. The van der Waals surface area contributed by atoms with Crippen LogP contribution in [0.15, 0.2) is 24.3 Å². The number of hydrogen-bond donors (Lipinski definition) is 2. The van der Waals surface area contributed by atoms with Crippen molar-refractivity contribution in [3.05, 3.63) is 29.8 Å². The fourth-order valence-electron chi connectivity index (χ4n) is 1.22. The molecule has 0 unspecified atom stereocenters. The largest absolute Gasteiger partial charge is 0.508 e. The monoisotopic (exact) mass is 225 g/mol. The van der Waals surface area contributed by atoms with Gasteiger partial charge in [-0.3, -0.25) is 0 Å². The second-order valence-electron chi connectivity index (χ2n) is 3.23. The van der Waals surface area contributed by atoms with Crippen molar-refractivity contribution in [1.29, 1.82) is 0 Å². The Morgan fingerprint density at radius 3 is 2.60 bits per heavy atom. The number of hydrogen-bond acceptors (Lipinski definition) is 4. The van der Waals surface area contributed by atoms with Crippen molar-refractivity contribution in [3.63, 3.8) is 0 Å². The fraction of sp³-hybridized carbons (Fsp3) is 0.364. The van der Waals surface area contributed by atoms with Gasteiger partial charge in [0, 0.05) is 0 Å². The van der Waals surface area contributed by atoms with Crippen LogP contribution in [0.1, 0.15) is 12.5 Å². The molecule has 1 aromatic rings. The average molecular weight is 225 g/mol. The molecule has 0 radical (unpaired) electrons. The van der Waals surface area contributed by atoms with E-state index in [0.29, 0.717) is 18.1 Å². The number of phenols is 1. The number of phenolic OH excluding ortho intramolecular Hbond substituents is 1. The Morgan fingerprint density at radius 1 is 1.47 bits per heavy atom. The van der Waals surface area contributed by atoms with E-state index in [1.807, 2.05) is 19.1 Å². The van der Waals surface area contributed by atoms with Crippen LogP contribution in [-0.2, 0) is 11.2 Å². The standard InChI is InChI=1S/C11H15NO2S/c1-2-14-11(15)10(12)7-8-3-5-9(13)6-4-8/h3-6,10,13H,2,7,12H2,1H3/t10-/m0/s1. The van der Waals surface area contributed by atoms with E-state index < -0.39 is 0 Å². The highest BCUT2D eigenvalue weighted by Gasteiger charge is 2.10. The molecule has 1 aromatic carbocycles. The van der Waals surface area contributed by atoms with Gasteiger partial charge in [-0.2, -0.15) is 0 Å². The highest BCUT2D eigenvalue weighted by Crippen LogP contribution is 2.11. The zero-order valence-corrected chi connectivity index (χ0v) is 9.46. The summed E-state index contributed by atoms with van der Waals surface area (Å²) < 4.78 is 5.16. The molecule has 15 heavy (non-hydrogen) atoms. The second-order valence-corrected chi connectivity index (χ2v) is 3.63. The lowest BCUT2D eigenvalue weighted by molar-refractivity contribution is 0.321. The van der Waals surface area contributed by atoms with Crippen molar-refractivity contribution >= 4 is 17.3 Å². The molecular formula is C11H15NO2S. The highest BCUT2D eigenvalue weighted by atomic mass is 32.1. The van der Waals surface area contributed by atoms with E-state index in [-0.39, 0.29) is 11.8 Å². The summed E-state index contributed by atoms with van der Waals surface area (Å²) in [5.74, 6) is 0.250. The molecule has 0 amide bonds. The lowest BCUT2D eigenvalue weighted by Gasteiger charge is -2.13. The third kappa shape index (κ3) is 3.85. The summed E-state index contributed by atoms with van der Waals surface area (Å²) in [6.07, 6.45) is 0.624. The maximum Gasteiger partial charge on any atom is 0.176 e. The van der Waals surface area contributed by atoms with Crippen molar-refractivity contribution in [2.24, 2.45) is 5.73 Å². The van der Waals surface area contributed by atoms with Crippen LogP contribution in [0.25, 0.3) is 0 Å².